The quantitative estimate of drug-likeness (QED) is 0.723. The maximum absolute atomic E-state index is 11.4. The molecule has 1 atom stereocenters. The highest BCUT2D eigenvalue weighted by atomic mass is 32.2. The second-order valence-electron chi connectivity index (χ2n) is 4.53. The molecule has 80 valence electrons. The predicted octanol–water partition coefficient (Wildman–Crippen LogP) is 0.251. The molecule has 13 heavy (non-hydrogen) atoms. The van der Waals surface area contributed by atoms with Crippen molar-refractivity contribution in [1.82, 2.24) is 4.31 Å². The van der Waals surface area contributed by atoms with Gasteiger partial charge in [-0.15, -0.1) is 0 Å². The highest BCUT2D eigenvalue weighted by Gasteiger charge is 2.27. The first-order chi connectivity index (χ1) is 5.57. The predicted molar refractivity (Wildman–Crippen MR) is 54.9 cm³/mol. The molecular weight excluding hydrogens is 188 g/mol. The third-order valence-corrected chi connectivity index (χ3v) is 3.95. The molecule has 0 bridgehead atoms. The van der Waals surface area contributed by atoms with Crippen LogP contribution in [-0.2, 0) is 10.0 Å². The Labute approximate surface area is 81.2 Å². The average molecular weight is 208 g/mol. The Morgan fingerprint density at radius 1 is 1.31 bits per heavy atom. The number of hydrogen-bond acceptors (Lipinski definition) is 3. The van der Waals surface area contributed by atoms with Crippen LogP contribution < -0.4 is 5.73 Å². The van der Waals surface area contributed by atoms with Crippen molar-refractivity contribution in [2.24, 2.45) is 11.1 Å². The standard InChI is InChI=1S/C8H20N2O2S/c1-8(2,3)7(9)6-13(11,12)10(4)5/h7H,6,9H2,1-5H3. The molecule has 0 heterocycles. The minimum Gasteiger partial charge on any atom is -0.326 e. The third kappa shape index (κ3) is 4.06. The van der Waals surface area contributed by atoms with E-state index in [2.05, 4.69) is 0 Å². The molecule has 0 aliphatic rings. The lowest BCUT2D eigenvalue weighted by Gasteiger charge is -2.27. The van der Waals surface area contributed by atoms with Gasteiger partial charge in [-0.2, -0.15) is 0 Å². The van der Waals surface area contributed by atoms with E-state index in [1.54, 1.807) is 0 Å². The van der Waals surface area contributed by atoms with E-state index in [4.69, 9.17) is 5.73 Å². The molecule has 0 aromatic heterocycles. The van der Waals surface area contributed by atoms with Crippen LogP contribution in [0, 0.1) is 5.41 Å². The Morgan fingerprint density at radius 3 is 1.92 bits per heavy atom. The van der Waals surface area contributed by atoms with Gasteiger partial charge >= 0.3 is 0 Å². The van der Waals surface area contributed by atoms with Crippen molar-refractivity contribution in [3.8, 4) is 0 Å². The van der Waals surface area contributed by atoms with Gasteiger partial charge in [0.05, 0.1) is 5.75 Å². The maximum Gasteiger partial charge on any atom is 0.215 e. The Morgan fingerprint density at radius 2 is 1.69 bits per heavy atom. The second-order valence-corrected chi connectivity index (χ2v) is 6.76. The molecular formula is C8H20N2O2S. The van der Waals surface area contributed by atoms with Crippen molar-refractivity contribution in [3.63, 3.8) is 0 Å². The fourth-order valence-corrected chi connectivity index (χ4v) is 1.88. The Balaban J connectivity index is 4.48. The lowest BCUT2D eigenvalue weighted by molar-refractivity contribution is 0.337. The summed E-state index contributed by atoms with van der Waals surface area (Å²) in [6, 6.07) is -0.333. The van der Waals surface area contributed by atoms with E-state index in [0.29, 0.717) is 0 Å². The Hall–Kier alpha value is -0.130. The number of nitrogens with zero attached hydrogens (tertiary/aromatic N) is 1. The molecule has 0 aliphatic carbocycles. The summed E-state index contributed by atoms with van der Waals surface area (Å²) in [6.07, 6.45) is 0. The lowest BCUT2D eigenvalue weighted by atomic mass is 9.89. The first kappa shape index (κ1) is 12.9. The smallest absolute Gasteiger partial charge is 0.215 e. The molecule has 0 saturated heterocycles. The SMILES string of the molecule is CN(C)S(=O)(=O)CC(N)C(C)(C)C. The fraction of sp³-hybridized carbons (Fsp3) is 1.00. The molecule has 0 spiro atoms. The first-order valence-electron chi connectivity index (χ1n) is 4.23. The summed E-state index contributed by atoms with van der Waals surface area (Å²) in [6.45, 7) is 5.80. The first-order valence-corrected chi connectivity index (χ1v) is 5.84. The van der Waals surface area contributed by atoms with Crippen LogP contribution in [0.2, 0.25) is 0 Å². The van der Waals surface area contributed by atoms with Crippen LogP contribution in [0.15, 0.2) is 0 Å². The molecule has 0 saturated carbocycles. The van der Waals surface area contributed by atoms with E-state index >= 15 is 0 Å². The molecule has 0 aromatic rings. The Bertz CT molecular complexity index is 252. The molecule has 0 fully saturated rings. The molecule has 0 amide bonds. The van der Waals surface area contributed by atoms with Crippen LogP contribution in [0.25, 0.3) is 0 Å². The van der Waals surface area contributed by atoms with Crippen molar-refractivity contribution in [3.05, 3.63) is 0 Å². The zero-order valence-electron chi connectivity index (χ0n) is 9.03. The zero-order chi connectivity index (χ0) is 10.9. The summed E-state index contributed by atoms with van der Waals surface area (Å²) in [5.74, 6) is 0.00347. The summed E-state index contributed by atoms with van der Waals surface area (Å²) in [4.78, 5) is 0. The molecule has 1 unspecified atom stereocenters. The van der Waals surface area contributed by atoms with E-state index < -0.39 is 10.0 Å². The van der Waals surface area contributed by atoms with Crippen LogP contribution in [0.1, 0.15) is 20.8 Å². The average Bonchev–Trinajstić information content (AvgIpc) is 1.83. The van der Waals surface area contributed by atoms with E-state index in [-0.39, 0.29) is 17.2 Å². The molecule has 0 rings (SSSR count). The normalized spacial score (nSPS) is 16.2. The largest absolute Gasteiger partial charge is 0.326 e. The number of nitrogens with two attached hydrogens (primary N) is 1. The summed E-state index contributed by atoms with van der Waals surface area (Å²) in [5.41, 5.74) is 5.59. The van der Waals surface area contributed by atoms with Crippen molar-refractivity contribution in [1.29, 1.82) is 0 Å². The second kappa shape index (κ2) is 3.94. The number of rotatable bonds is 3. The van der Waals surface area contributed by atoms with E-state index in [9.17, 15) is 8.42 Å². The van der Waals surface area contributed by atoms with E-state index in [1.165, 1.54) is 18.4 Å². The van der Waals surface area contributed by atoms with Crippen LogP contribution in [0.3, 0.4) is 0 Å². The molecule has 2 N–H and O–H groups in total. The van der Waals surface area contributed by atoms with Gasteiger partial charge in [-0.3, -0.25) is 0 Å². The monoisotopic (exact) mass is 208 g/mol. The number of hydrogen-bond donors (Lipinski definition) is 1. The zero-order valence-corrected chi connectivity index (χ0v) is 9.85. The fourth-order valence-electron chi connectivity index (χ4n) is 0.626. The summed E-state index contributed by atoms with van der Waals surface area (Å²) in [5, 5.41) is 0. The molecule has 0 radical (unpaired) electrons. The summed E-state index contributed by atoms with van der Waals surface area (Å²) < 4.78 is 24.1. The minimum absolute atomic E-state index is 0.00347. The van der Waals surface area contributed by atoms with Gasteiger partial charge in [0.25, 0.3) is 0 Å². The summed E-state index contributed by atoms with van der Waals surface area (Å²) in [7, 11) is -0.135. The maximum atomic E-state index is 11.4. The Kier molecular flexibility index (Phi) is 3.90. The van der Waals surface area contributed by atoms with Crippen molar-refractivity contribution < 1.29 is 8.42 Å². The van der Waals surface area contributed by atoms with Crippen LogP contribution >= 0.6 is 0 Å². The van der Waals surface area contributed by atoms with Crippen molar-refractivity contribution in [2.45, 2.75) is 26.8 Å². The minimum atomic E-state index is -3.17. The van der Waals surface area contributed by atoms with Crippen LogP contribution in [0.5, 0.6) is 0 Å². The lowest BCUT2D eigenvalue weighted by Crippen LogP contribution is -2.43. The van der Waals surface area contributed by atoms with Gasteiger partial charge in [0.15, 0.2) is 0 Å². The van der Waals surface area contributed by atoms with Crippen LogP contribution in [0.4, 0.5) is 0 Å². The summed E-state index contributed by atoms with van der Waals surface area (Å²) >= 11 is 0. The van der Waals surface area contributed by atoms with Crippen molar-refractivity contribution >= 4 is 10.0 Å². The third-order valence-electron chi connectivity index (χ3n) is 2.06. The van der Waals surface area contributed by atoms with Gasteiger partial charge in [0.2, 0.25) is 10.0 Å². The number of sulfonamides is 1. The van der Waals surface area contributed by atoms with Gasteiger partial charge in [0, 0.05) is 20.1 Å². The highest BCUT2D eigenvalue weighted by Crippen LogP contribution is 2.18. The van der Waals surface area contributed by atoms with Crippen LogP contribution in [-0.4, -0.2) is 38.6 Å². The molecule has 0 aromatic carbocycles. The van der Waals surface area contributed by atoms with E-state index in [1.807, 2.05) is 20.8 Å². The van der Waals surface area contributed by atoms with Gasteiger partial charge in [0.1, 0.15) is 0 Å². The van der Waals surface area contributed by atoms with Gasteiger partial charge in [-0.05, 0) is 5.41 Å². The van der Waals surface area contributed by atoms with Gasteiger partial charge in [-0.1, -0.05) is 20.8 Å². The molecule has 5 heteroatoms. The van der Waals surface area contributed by atoms with Crippen molar-refractivity contribution in [2.75, 3.05) is 19.8 Å². The van der Waals surface area contributed by atoms with Gasteiger partial charge in [-0.25, -0.2) is 12.7 Å². The molecule has 0 aliphatic heterocycles. The van der Waals surface area contributed by atoms with E-state index in [0.717, 1.165) is 0 Å². The molecule has 4 nitrogen and oxygen atoms in total. The highest BCUT2D eigenvalue weighted by molar-refractivity contribution is 7.89. The van der Waals surface area contributed by atoms with Gasteiger partial charge < -0.3 is 5.73 Å². The topological polar surface area (TPSA) is 63.4 Å².